The number of anilines is 1. The lowest BCUT2D eigenvalue weighted by atomic mass is 10.1. The number of nitrogens with zero attached hydrogens (tertiary/aromatic N) is 5. The molecular formula is C19H20N6O. The van der Waals surface area contributed by atoms with E-state index in [-0.39, 0.29) is 6.04 Å². The minimum absolute atomic E-state index is 0.212. The average Bonchev–Trinajstić information content (AvgIpc) is 3.27. The largest absolute Gasteiger partial charge is 0.492 e. The molecule has 4 rings (SSSR count). The number of fused-ring (bicyclic) bond motifs is 1. The maximum Gasteiger partial charge on any atom is 0.138 e. The molecule has 0 aromatic carbocycles. The van der Waals surface area contributed by atoms with E-state index in [2.05, 4.69) is 21.1 Å². The molecule has 0 amide bonds. The van der Waals surface area contributed by atoms with Gasteiger partial charge in [-0.2, -0.15) is 10.4 Å². The Morgan fingerprint density at radius 2 is 2.27 bits per heavy atom. The van der Waals surface area contributed by atoms with Gasteiger partial charge in [0.15, 0.2) is 0 Å². The summed E-state index contributed by atoms with van der Waals surface area (Å²) in [5.41, 5.74) is 9.07. The summed E-state index contributed by atoms with van der Waals surface area (Å²) in [4.78, 5) is 6.81. The summed E-state index contributed by atoms with van der Waals surface area (Å²) >= 11 is 0. The third-order valence-electron chi connectivity index (χ3n) is 4.63. The lowest BCUT2D eigenvalue weighted by Crippen LogP contribution is -2.26. The molecule has 0 radical (unpaired) electrons. The van der Waals surface area contributed by atoms with Gasteiger partial charge in [-0.1, -0.05) is 0 Å². The normalized spacial score (nSPS) is 16.8. The molecular weight excluding hydrogens is 328 g/mol. The van der Waals surface area contributed by atoms with Crippen molar-refractivity contribution in [2.75, 3.05) is 24.6 Å². The van der Waals surface area contributed by atoms with Crippen LogP contribution < -0.4 is 15.4 Å². The molecule has 3 aromatic rings. The Bertz CT molecular complexity index is 972. The lowest BCUT2D eigenvalue weighted by Gasteiger charge is -2.17. The Kier molecular flexibility index (Phi) is 4.19. The van der Waals surface area contributed by atoms with E-state index in [0.717, 1.165) is 42.0 Å². The van der Waals surface area contributed by atoms with Crippen molar-refractivity contribution in [1.29, 1.82) is 5.26 Å². The lowest BCUT2D eigenvalue weighted by molar-refractivity contribution is 0.338. The summed E-state index contributed by atoms with van der Waals surface area (Å²) in [6, 6.07) is 8.37. The average molecular weight is 348 g/mol. The number of nitriles is 1. The quantitative estimate of drug-likeness (QED) is 0.777. The number of aromatic nitrogens is 3. The van der Waals surface area contributed by atoms with Crippen LogP contribution in [0.3, 0.4) is 0 Å². The predicted octanol–water partition coefficient (Wildman–Crippen LogP) is 2.20. The molecule has 26 heavy (non-hydrogen) atoms. The maximum atomic E-state index is 9.41. The topological polar surface area (TPSA) is 92.5 Å². The Balaban J connectivity index is 1.77. The van der Waals surface area contributed by atoms with Crippen molar-refractivity contribution in [3.63, 3.8) is 0 Å². The number of nitrogens with two attached hydrogens (primary N) is 1. The van der Waals surface area contributed by atoms with Gasteiger partial charge in [0.2, 0.25) is 0 Å². The Labute approximate surface area is 151 Å². The van der Waals surface area contributed by atoms with Crippen LogP contribution in [-0.2, 0) is 0 Å². The van der Waals surface area contributed by atoms with Gasteiger partial charge >= 0.3 is 0 Å². The molecule has 1 saturated heterocycles. The maximum absolute atomic E-state index is 9.41. The molecule has 0 aliphatic carbocycles. The zero-order valence-corrected chi connectivity index (χ0v) is 14.6. The first kappa shape index (κ1) is 16.4. The molecule has 1 aliphatic rings. The summed E-state index contributed by atoms with van der Waals surface area (Å²) in [6.07, 6.45) is 6.18. The monoisotopic (exact) mass is 348 g/mol. The van der Waals surface area contributed by atoms with E-state index in [1.165, 1.54) is 0 Å². The van der Waals surface area contributed by atoms with Gasteiger partial charge < -0.3 is 15.4 Å². The van der Waals surface area contributed by atoms with Crippen LogP contribution in [0.4, 0.5) is 5.82 Å². The second-order valence-corrected chi connectivity index (χ2v) is 6.39. The van der Waals surface area contributed by atoms with Gasteiger partial charge in [-0.25, -0.2) is 9.50 Å². The summed E-state index contributed by atoms with van der Waals surface area (Å²) in [5, 5.41) is 13.7. The molecule has 0 saturated carbocycles. The zero-order valence-electron chi connectivity index (χ0n) is 14.6. The third kappa shape index (κ3) is 2.85. The van der Waals surface area contributed by atoms with E-state index in [9.17, 15) is 5.26 Å². The number of ether oxygens (including phenoxy) is 1. The molecule has 132 valence electrons. The fourth-order valence-corrected chi connectivity index (χ4v) is 3.37. The predicted molar refractivity (Wildman–Crippen MR) is 99.1 cm³/mol. The van der Waals surface area contributed by atoms with Crippen molar-refractivity contribution >= 4 is 11.3 Å². The molecule has 0 bridgehead atoms. The fourth-order valence-electron chi connectivity index (χ4n) is 3.37. The van der Waals surface area contributed by atoms with Crippen LogP contribution in [-0.4, -0.2) is 40.3 Å². The summed E-state index contributed by atoms with van der Waals surface area (Å²) in [5.74, 6) is 1.63. The second-order valence-electron chi connectivity index (χ2n) is 6.39. The molecule has 4 heterocycles. The Hall–Kier alpha value is -3.11. The van der Waals surface area contributed by atoms with Crippen LogP contribution in [0, 0.1) is 11.3 Å². The van der Waals surface area contributed by atoms with Gasteiger partial charge in [0.05, 0.1) is 30.1 Å². The second kappa shape index (κ2) is 6.65. The highest BCUT2D eigenvalue weighted by molar-refractivity contribution is 5.85. The number of pyridine rings is 2. The fraction of sp³-hybridized carbons (Fsp3) is 0.316. The van der Waals surface area contributed by atoms with Gasteiger partial charge in [0.25, 0.3) is 0 Å². The van der Waals surface area contributed by atoms with Gasteiger partial charge in [-0.3, -0.25) is 0 Å². The van der Waals surface area contributed by atoms with Crippen molar-refractivity contribution in [2.45, 2.75) is 19.4 Å². The van der Waals surface area contributed by atoms with E-state index >= 15 is 0 Å². The first-order valence-electron chi connectivity index (χ1n) is 8.71. The number of rotatable bonds is 4. The van der Waals surface area contributed by atoms with Crippen LogP contribution in [0.5, 0.6) is 5.75 Å². The molecule has 7 heteroatoms. The third-order valence-corrected chi connectivity index (χ3v) is 4.63. The highest BCUT2D eigenvalue weighted by Gasteiger charge is 2.20. The zero-order chi connectivity index (χ0) is 18.1. The number of hydrogen-bond donors (Lipinski definition) is 1. The van der Waals surface area contributed by atoms with Crippen LogP contribution in [0.25, 0.3) is 16.6 Å². The van der Waals surface area contributed by atoms with E-state index in [1.54, 1.807) is 16.9 Å². The molecule has 1 atom stereocenters. The molecule has 0 spiro atoms. The van der Waals surface area contributed by atoms with Crippen molar-refractivity contribution in [3.8, 4) is 22.9 Å². The van der Waals surface area contributed by atoms with Gasteiger partial charge in [0, 0.05) is 36.5 Å². The standard InChI is InChI=1S/C19H20N6O/c1-2-26-16-7-17(19-14(8-20)10-23-25(19)12-16)13-3-4-18(22-9-13)24-6-5-15(21)11-24/h3-4,7,9-10,12,15H,2,5-6,11,21H2,1H3. The minimum atomic E-state index is 0.212. The van der Waals surface area contributed by atoms with Crippen LogP contribution in [0.1, 0.15) is 18.9 Å². The Morgan fingerprint density at radius 1 is 1.38 bits per heavy atom. The van der Waals surface area contributed by atoms with Crippen LogP contribution >= 0.6 is 0 Å². The SMILES string of the molecule is CCOc1cc(-c2ccc(N3CCC(N)C3)nc2)c2c(C#N)cnn2c1. The van der Waals surface area contributed by atoms with Crippen molar-refractivity contribution in [3.05, 3.63) is 42.4 Å². The summed E-state index contributed by atoms with van der Waals surface area (Å²) in [7, 11) is 0. The molecule has 1 aliphatic heterocycles. The smallest absolute Gasteiger partial charge is 0.138 e. The first-order valence-corrected chi connectivity index (χ1v) is 8.71. The van der Waals surface area contributed by atoms with Crippen molar-refractivity contribution in [2.24, 2.45) is 5.73 Å². The first-order chi connectivity index (χ1) is 12.7. The van der Waals surface area contributed by atoms with E-state index in [0.29, 0.717) is 17.9 Å². The molecule has 7 nitrogen and oxygen atoms in total. The summed E-state index contributed by atoms with van der Waals surface area (Å²) < 4.78 is 7.34. The van der Waals surface area contributed by atoms with Crippen molar-refractivity contribution in [1.82, 2.24) is 14.6 Å². The van der Waals surface area contributed by atoms with E-state index in [4.69, 9.17) is 10.5 Å². The van der Waals surface area contributed by atoms with Gasteiger partial charge in [0.1, 0.15) is 17.6 Å². The summed E-state index contributed by atoms with van der Waals surface area (Å²) in [6.45, 7) is 4.25. The molecule has 2 N–H and O–H groups in total. The van der Waals surface area contributed by atoms with Crippen molar-refractivity contribution < 1.29 is 4.74 Å². The molecule has 3 aromatic heterocycles. The van der Waals surface area contributed by atoms with Crippen LogP contribution in [0.2, 0.25) is 0 Å². The van der Waals surface area contributed by atoms with E-state index < -0.39 is 0 Å². The Morgan fingerprint density at radius 3 is 2.92 bits per heavy atom. The van der Waals surface area contributed by atoms with Crippen LogP contribution in [0.15, 0.2) is 36.8 Å². The highest BCUT2D eigenvalue weighted by atomic mass is 16.5. The van der Waals surface area contributed by atoms with Gasteiger partial charge in [-0.05, 0) is 31.5 Å². The van der Waals surface area contributed by atoms with Gasteiger partial charge in [-0.15, -0.1) is 0 Å². The highest BCUT2D eigenvalue weighted by Crippen LogP contribution is 2.31. The molecule has 1 fully saturated rings. The van der Waals surface area contributed by atoms with E-state index in [1.807, 2.05) is 31.3 Å². The number of hydrogen-bond acceptors (Lipinski definition) is 6. The minimum Gasteiger partial charge on any atom is -0.492 e. The molecule has 1 unspecified atom stereocenters.